The molecule has 20 heavy (non-hydrogen) atoms. The van der Waals surface area contributed by atoms with Crippen molar-refractivity contribution >= 4 is 21.9 Å². The van der Waals surface area contributed by atoms with Gasteiger partial charge in [-0.25, -0.2) is 0 Å². The van der Waals surface area contributed by atoms with Gasteiger partial charge < -0.3 is 4.42 Å². The lowest BCUT2D eigenvalue weighted by molar-refractivity contribution is 0.568. The molecule has 3 aromatic rings. The summed E-state index contributed by atoms with van der Waals surface area (Å²) in [5.74, 6) is 0. The molecule has 0 N–H and O–H groups in total. The van der Waals surface area contributed by atoms with Crippen LogP contribution in [0.25, 0.3) is 21.9 Å². The van der Waals surface area contributed by atoms with E-state index in [0.29, 0.717) is 11.0 Å². The summed E-state index contributed by atoms with van der Waals surface area (Å²) < 4.78 is 52.7. The molecule has 0 fully saturated rings. The largest absolute Gasteiger partial charge is 0.455 e. The number of fused-ring (bicyclic) bond motifs is 3. The molecule has 2 aromatic carbocycles. The van der Waals surface area contributed by atoms with E-state index in [2.05, 4.69) is 20.8 Å². The number of rotatable bonds is 0. The Hall–Kier alpha value is -1.76. The van der Waals surface area contributed by atoms with Crippen LogP contribution in [0.3, 0.4) is 0 Å². The highest BCUT2D eigenvalue weighted by molar-refractivity contribution is 6.07. The molecule has 0 amide bonds. The number of hydrogen-bond donors (Lipinski definition) is 0. The smallest absolute Gasteiger partial charge is 0.139 e. The molecule has 0 unspecified atom stereocenters. The van der Waals surface area contributed by atoms with Gasteiger partial charge in [-0.15, -0.1) is 0 Å². The SMILES string of the molecule is [2H]C([2H])([2H])c1cc(C([2H])([2H])[2H])c2oc3c(C(C)(C)C)c(C)ccc3c2c1. The number of aryl methyl sites for hydroxylation is 3. The van der Waals surface area contributed by atoms with Gasteiger partial charge in [0.25, 0.3) is 0 Å². The van der Waals surface area contributed by atoms with Crippen molar-refractivity contribution in [2.24, 2.45) is 0 Å². The summed E-state index contributed by atoms with van der Waals surface area (Å²) in [6.45, 7) is 3.34. The minimum Gasteiger partial charge on any atom is -0.455 e. The standard InChI is InChI=1S/C19H22O/c1-11-9-13(3)17-15(10-11)14-8-7-12(2)16(18(14)20-17)19(4,5)6/h7-10H,1-6H3/i1D3,3D3. The first-order valence-corrected chi connectivity index (χ1v) is 6.72. The van der Waals surface area contributed by atoms with Crippen molar-refractivity contribution in [3.8, 4) is 0 Å². The van der Waals surface area contributed by atoms with Gasteiger partial charge in [-0.1, -0.05) is 39.0 Å². The fourth-order valence-electron chi connectivity index (χ4n) is 2.97. The number of benzene rings is 2. The summed E-state index contributed by atoms with van der Waals surface area (Å²) in [5, 5.41) is 1.28. The Balaban J connectivity index is 2.54. The molecule has 0 aliphatic rings. The molecule has 0 aliphatic heterocycles. The lowest BCUT2D eigenvalue weighted by atomic mass is 9.83. The van der Waals surface area contributed by atoms with Crippen molar-refractivity contribution in [2.75, 3.05) is 0 Å². The minimum atomic E-state index is -2.47. The second kappa shape index (κ2) is 4.12. The third-order valence-electron chi connectivity index (χ3n) is 3.70. The van der Waals surface area contributed by atoms with Gasteiger partial charge in [0.1, 0.15) is 11.2 Å². The minimum absolute atomic E-state index is 0.0108. The van der Waals surface area contributed by atoms with Gasteiger partial charge in [0.15, 0.2) is 0 Å². The van der Waals surface area contributed by atoms with E-state index in [9.17, 15) is 0 Å². The summed E-state index contributed by atoms with van der Waals surface area (Å²) in [6, 6.07) is 6.60. The first-order chi connectivity index (χ1) is 11.7. The average molecular weight is 272 g/mol. The van der Waals surface area contributed by atoms with Crippen LogP contribution in [-0.4, -0.2) is 0 Å². The Morgan fingerprint density at radius 3 is 2.40 bits per heavy atom. The molecule has 0 saturated heterocycles. The molecule has 1 aromatic heterocycles. The molecule has 3 rings (SSSR count). The lowest BCUT2D eigenvalue weighted by Crippen LogP contribution is -2.13. The molecule has 1 heteroatoms. The molecule has 1 nitrogen and oxygen atoms in total. The predicted octanol–water partition coefficient (Wildman–Crippen LogP) is 5.81. The van der Waals surface area contributed by atoms with Crippen molar-refractivity contribution in [1.29, 1.82) is 0 Å². The van der Waals surface area contributed by atoms with E-state index in [0.717, 1.165) is 16.5 Å². The lowest BCUT2D eigenvalue weighted by Gasteiger charge is -2.21. The van der Waals surface area contributed by atoms with E-state index >= 15 is 0 Å². The van der Waals surface area contributed by atoms with E-state index in [4.69, 9.17) is 12.6 Å². The summed E-state index contributed by atoms with van der Waals surface area (Å²) >= 11 is 0. The molecule has 1 heterocycles. The van der Waals surface area contributed by atoms with E-state index < -0.39 is 13.7 Å². The van der Waals surface area contributed by atoms with Crippen molar-refractivity contribution in [1.82, 2.24) is 0 Å². The van der Waals surface area contributed by atoms with Gasteiger partial charge in [0.2, 0.25) is 0 Å². The summed E-state index contributed by atoms with van der Waals surface area (Å²) in [5.41, 5.74) is 2.66. The number of furan rings is 1. The van der Waals surface area contributed by atoms with Crippen LogP contribution in [0, 0.1) is 20.6 Å². The molecule has 0 saturated carbocycles. The van der Waals surface area contributed by atoms with Crippen LogP contribution in [0.15, 0.2) is 28.7 Å². The van der Waals surface area contributed by atoms with Gasteiger partial charge in [-0.3, -0.25) is 0 Å². The highest BCUT2D eigenvalue weighted by Gasteiger charge is 2.23. The van der Waals surface area contributed by atoms with Crippen LogP contribution in [0.1, 0.15) is 51.2 Å². The third kappa shape index (κ3) is 1.84. The second-order valence-corrected chi connectivity index (χ2v) is 6.39. The van der Waals surface area contributed by atoms with Crippen LogP contribution in [0.2, 0.25) is 0 Å². The highest BCUT2D eigenvalue weighted by atomic mass is 16.3. The van der Waals surface area contributed by atoms with Crippen LogP contribution in [0.4, 0.5) is 0 Å². The van der Waals surface area contributed by atoms with E-state index in [1.165, 1.54) is 12.1 Å². The monoisotopic (exact) mass is 272 g/mol. The Morgan fingerprint density at radius 2 is 1.75 bits per heavy atom. The van der Waals surface area contributed by atoms with Gasteiger partial charge in [-0.2, -0.15) is 0 Å². The molecule has 0 radical (unpaired) electrons. The maximum absolute atomic E-state index is 7.84. The van der Waals surface area contributed by atoms with Crippen LogP contribution in [-0.2, 0) is 5.41 Å². The molecule has 0 aliphatic carbocycles. The Morgan fingerprint density at radius 1 is 0.950 bits per heavy atom. The third-order valence-corrected chi connectivity index (χ3v) is 3.70. The Bertz CT molecular complexity index is 999. The molecule has 104 valence electrons. The molecular weight excluding hydrogens is 244 g/mol. The average Bonchev–Trinajstić information content (AvgIpc) is 2.80. The van der Waals surface area contributed by atoms with Crippen molar-refractivity contribution in [3.63, 3.8) is 0 Å². The van der Waals surface area contributed by atoms with Crippen molar-refractivity contribution in [3.05, 3.63) is 46.5 Å². The maximum atomic E-state index is 7.84. The fourth-order valence-corrected chi connectivity index (χ4v) is 2.97. The second-order valence-electron chi connectivity index (χ2n) is 6.39. The van der Waals surface area contributed by atoms with Crippen molar-refractivity contribution < 1.29 is 12.6 Å². The number of hydrogen-bond acceptors (Lipinski definition) is 1. The Labute approximate surface area is 129 Å². The Kier molecular flexibility index (Phi) is 1.62. The van der Waals surface area contributed by atoms with Crippen LogP contribution in [0.5, 0.6) is 0 Å². The fraction of sp³-hybridized carbons (Fsp3) is 0.368. The first kappa shape index (κ1) is 7.87. The van der Waals surface area contributed by atoms with Gasteiger partial charge >= 0.3 is 0 Å². The maximum Gasteiger partial charge on any atom is 0.139 e. The van der Waals surface area contributed by atoms with E-state index in [1.807, 2.05) is 19.1 Å². The van der Waals surface area contributed by atoms with Gasteiger partial charge in [0.05, 0.1) is 0 Å². The van der Waals surface area contributed by atoms with Gasteiger partial charge in [0, 0.05) is 24.6 Å². The zero-order chi connectivity index (χ0) is 19.7. The van der Waals surface area contributed by atoms with Gasteiger partial charge in [-0.05, 0) is 48.8 Å². The molecule has 0 bridgehead atoms. The van der Waals surface area contributed by atoms with Crippen LogP contribution >= 0.6 is 0 Å². The topological polar surface area (TPSA) is 13.1 Å². The molecule has 0 spiro atoms. The quantitative estimate of drug-likeness (QED) is 0.503. The zero-order valence-corrected chi connectivity index (χ0v) is 12.2. The molecule has 0 atom stereocenters. The predicted molar refractivity (Wildman–Crippen MR) is 86.6 cm³/mol. The summed E-state index contributed by atoms with van der Waals surface area (Å²) in [4.78, 5) is 0. The zero-order valence-electron chi connectivity index (χ0n) is 18.2. The first-order valence-electron chi connectivity index (χ1n) is 9.72. The van der Waals surface area contributed by atoms with Crippen molar-refractivity contribution in [2.45, 2.75) is 46.8 Å². The van der Waals surface area contributed by atoms with E-state index in [-0.39, 0.29) is 22.1 Å². The highest BCUT2D eigenvalue weighted by Crippen LogP contribution is 2.39. The summed E-state index contributed by atoms with van der Waals surface area (Å²) in [6.07, 6.45) is 0. The summed E-state index contributed by atoms with van der Waals surface area (Å²) in [7, 11) is 0. The van der Waals surface area contributed by atoms with E-state index in [1.54, 1.807) is 0 Å². The van der Waals surface area contributed by atoms with Crippen LogP contribution < -0.4 is 0 Å². The molecular formula is C19H22O. The normalized spacial score (nSPS) is 18.2.